The maximum Gasteiger partial charge on any atom is 0.142 e. The maximum absolute atomic E-state index is 5.66. The van der Waals surface area contributed by atoms with Gasteiger partial charge in [0.2, 0.25) is 0 Å². The number of aromatic nitrogens is 1. The molecule has 0 aliphatic carbocycles. The fourth-order valence-electron chi connectivity index (χ4n) is 1.93. The number of thioether (sulfide) groups is 1. The van der Waals surface area contributed by atoms with Crippen molar-refractivity contribution < 1.29 is 4.74 Å². The number of benzene rings is 1. The van der Waals surface area contributed by atoms with E-state index in [4.69, 9.17) is 10.6 Å². The normalized spacial score (nSPS) is 12.2. The highest BCUT2D eigenvalue weighted by Crippen LogP contribution is 2.28. The van der Waals surface area contributed by atoms with Crippen molar-refractivity contribution >= 4 is 11.8 Å². The van der Waals surface area contributed by atoms with E-state index in [0.717, 1.165) is 17.2 Å². The lowest BCUT2D eigenvalue weighted by molar-refractivity contribution is 0.398. The molecule has 3 N–H and O–H groups in total. The van der Waals surface area contributed by atoms with Crippen LogP contribution in [0.4, 0.5) is 0 Å². The van der Waals surface area contributed by atoms with Gasteiger partial charge >= 0.3 is 0 Å². The van der Waals surface area contributed by atoms with Gasteiger partial charge < -0.3 is 4.74 Å². The second kappa shape index (κ2) is 7.28. The number of nitrogens with zero attached hydrogens (tertiary/aromatic N) is 1. The summed E-state index contributed by atoms with van der Waals surface area (Å²) in [6.07, 6.45) is 1.75. The van der Waals surface area contributed by atoms with Crippen molar-refractivity contribution in [3.63, 3.8) is 0 Å². The van der Waals surface area contributed by atoms with E-state index in [1.807, 2.05) is 12.1 Å². The average Bonchev–Trinajstić information content (AvgIpc) is 2.48. The summed E-state index contributed by atoms with van der Waals surface area (Å²) in [4.78, 5) is 5.59. The van der Waals surface area contributed by atoms with Crippen LogP contribution in [0.25, 0.3) is 0 Å². The highest BCUT2D eigenvalue weighted by atomic mass is 32.2. The van der Waals surface area contributed by atoms with Crippen LogP contribution in [0.15, 0.2) is 47.5 Å². The molecule has 0 bridgehead atoms. The van der Waals surface area contributed by atoms with Crippen LogP contribution in [0, 0.1) is 6.92 Å². The quantitative estimate of drug-likeness (QED) is 0.486. The summed E-state index contributed by atoms with van der Waals surface area (Å²) >= 11 is 1.74. The van der Waals surface area contributed by atoms with Gasteiger partial charge in [-0.3, -0.25) is 16.3 Å². The van der Waals surface area contributed by atoms with Crippen LogP contribution in [0.5, 0.6) is 5.75 Å². The molecule has 4 nitrogen and oxygen atoms in total. The molecule has 1 unspecified atom stereocenters. The van der Waals surface area contributed by atoms with E-state index in [-0.39, 0.29) is 6.04 Å². The number of hydrazine groups is 1. The highest BCUT2D eigenvalue weighted by Gasteiger charge is 2.16. The SMILES string of the molecule is COc1cccnc1C(CSc1cccc(C)c1)NN. The Bertz CT molecular complexity index is 562. The number of methoxy groups -OCH3 is 1. The minimum atomic E-state index is -0.0586. The first-order valence-corrected chi connectivity index (χ1v) is 7.37. The predicted octanol–water partition coefficient (Wildman–Crippen LogP) is 2.70. The standard InChI is InChI=1S/C15H19N3OS/c1-11-5-3-6-12(9-11)20-10-13(18-16)15-14(19-2)7-4-8-17-15/h3-9,13,18H,10,16H2,1-2H3. The van der Waals surface area contributed by atoms with Crippen LogP contribution >= 0.6 is 11.8 Å². The van der Waals surface area contributed by atoms with E-state index in [1.165, 1.54) is 10.5 Å². The minimum Gasteiger partial charge on any atom is -0.495 e. The van der Waals surface area contributed by atoms with Gasteiger partial charge in [0.1, 0.15) is 11.4 Å². The minimum absolute atomic E-state index is 0.0586. The Kier molecular flexibility index (Phi) is 5.40. The van der Waals surface area contributed by atoms with E-state index in [9.17, 15) is 0 Å². The molecule has 5 heteroatoms. The van der Waals surface area contributed by atoms with Crippen molar-refractivity contribution in [1.82, 2.24) is 10.4 Å². The molecular weight excluding hydrogens is 270 g/mol. The number of rotatable bonds is 6. The van der Waals surface area contributed by atoms with Gasteiger partial charge in [-0.1, -0.05) is 17.7 Å². The Hall–Kier alpha value is -1.56. The Balaban J connectivity index is 2.09. The fourth-order valence-corrected chi connectivity index (χ4v) is 2.98. The van der Waals surface area contributed by atoms with Crippen molar-refractivity contribution in [2.24, 2.45) is 5.84 Å². The summed E-state index contributed by atoms with van der Waals surface area (Å²) in [5.41, 5.74) is 4.90. The van der Waals surface area contributed by atoms with Crippen LogP contribution < -0.4 is 16.0 Å². The summed E-state index contributed by atoms with van der Waals surface area (Å²) in [6, 6.07) is 12.1. The van der Waals surface area contributed by atoms with Crippen molar-refractivity contribution in [3.8, 4) is 5.75 Å². The van der Waals surface area contributed by atoms with Crippen LogP contribution in [0.2, 0.25) is 0 Å². The summed E-state index contributed by atoms with van der Waals surface area (Å²) in [7, 11) is 1.64. The Morgan fingerprint density at radius 2 is 2.20 bits per heavy atom. The molecule has 0 saturated heterocycles. The molecule has 1 atom stereocenters. The molecule has 1 aromatic carbocycles. The third kappa shape index (κ3) is 3.72. The van der Waals surface area contributed by atoms with E-state index in [1.54, 1.807) is 25.1 Å². The number of aryl methyl sites for hydroxylation is 1. The second-order valence-electron chi connectivity index (χ2n) is 4.44. The molecule has 106 valence electrons. The van der Waals surface area contributed by atoms with Crippen LogP contribution in [0.3, 0.4) is 0 Å². The second-order valence-corrected chi connectivity index (χ2v) is 5.53. The van der Waals surface area contributed by atoms with Gasteiger partial charge in [-0.25, -0.2) is 0 Å². The van der Waals surface area contributed by atoms with E-state index < -0.39 is 0 Å². The van der Waals surface area contributed by atoms with Crippen LogP contribution in [-0.2, 0) is 0 Å². The molecular formula is C15H19N3OS. The molecule has 1 aromatic heterocycles. The van der Waals surface area contributed by atoms with Gasteiger partial charge in [-0.2, -0.15) is 0 Å². The number of nitrogens with two attached hydrogens (primary N) is 1. The topological polar surface area (TPSA) is 60.2 Å². The van der Waals surface area contributed by atoms with Gasteiger partial charge in [-0.15, -0.1) is 11.8 Å². The third-order valence-corrected chi connectivity index (χ3v) is 4.04. The third-order valence-electron chi connectivity index (χ3n) is 2.96. The summed E-state index contributed by atoms with van der Waals surface area (Å²) < 4.78 is 5.33. The summed E-state index contributed by atoms with van der Waals surface area (Å²) in [6.45, 7) is 2.09. The maximum atomic E-state index is 5.66. The summed E-state index contributed by atoms with van der Waals surface area (Å²) in [5.74, 6) is 7.20. The number of hydrogen-bond acceptors (Lipinski definition) is 5. The zero-order chi connectivity index (χ0) is 14.4. The Morgan fingerprint density at radius 3 is 2.90 bits per heavy atom. The molecule has 20 heavy (non-hydrogen) atoms. The van der Waals surface area contributed by atoms with Crippen LogP contribution in [0.1, 0.15) is 17.3 Å². The first-order valence-electron chi connectivity index (χ1n) is 6.39. The van der Waals surface area contributed by atoms with Crippen LogP contribution in [-0.4, -0.2) is 17.8 Å². The Labute approximate surface area is 123 Å². The molecule has 1 heterocycles. The fraction of sp³-hybridized carbons (Fsp3) is 0.267. The lowest BCUT2D eigenvalue weighted by Crippen LogP contribution is -2.30. The lowest BCUT2D eigenvalue weighted by atomic mass is 10.2. The molecule has 0 fully saturated rings. The zero-order valence-corrected chi connectivity index (χ0v) is 12.5. The van der Waals surface area contributed by atoms with E-state index >= 15 is 0 Å². The summed E-state index contributed by atoms with van der Waals surface area (Å²) in [5, 5.41) is 0. The van der Waals surface area contributed by atoms with Gasteiger partial charge in [0.15, 0.2) is 0 Å². The van der Waals surface area contributed by atoms with Gasteiger partial charge in [0.25, 0.3) is 0 Å². The first-order chi connectivity index (χ1) is 9.74. The van der Waals surface area contributed by atoms with E-state index in [0.29, 0.717) is 0 Å². The molecule has 0 radical (unpaired) electrons. The number of nitrogens with one attached hydrogen (secondary N) is 1. The molecule has 0 aliphatic rings. The molecule has 0 aliphatic heterocycles. The van der Waals surface area contributed by atoms with Crippen molar-refractivity contribution in [3.05, 3.63) is 53.9 Å². The highest BCUT2D eigenvalue weighted by molar-refractivity contribution is 7.99. The largest absolute Gasteiger partial charge is 0.495 e. The van der Waals surface area contributed by atoms with Crippen molar-refractivity contribution in [2.75, 3.05) is 12.9 Å². The molecule has 0 amide bonds. The lowest BCUT2D eigenvalue weighted by Gasteiger charge is -2.17. The number of pyridine rings is 1. The number of ether oxygens (including phenoxy) is 1. The molecule has 0 saturated carbocycles. The van der Waals surface area contributed by atoms with Crippen molar-refractivity contribution in [1.29, 1.82) is 0 Å². The zero-order valence-electron chi connectivity index (χ0n) is 11.7. The van der Waals surface area contributed by atoms with E-state index in [2.05, 4.69) is 41.6 Å². The molecule has 2 aromatic rings. The van der Waals surface area contributed by atoms with Crippen molar-refractivity contribution in [2.45, 2.75) is 17.9 Å². The monoisotopic (exact) mass is 289 g/mol. The Morgan fingerprint density at radius 1 is 1.35 bits per heavy atom. The smallest absolute Gasteiger partial charge is 0.142 e. The molecule has 2 rings (SSSR count). The number of hydrogen-bond donors (Lipinski definition) is 2. The van der Waals surface area contributed by atoms with Gasteiger partial charge in [-0.05, 0) is 31.2 Å². The molecule has 0 spiro atoms. The van der Waals surface area contributed by atoms with Gasteiger partial charge in [0.05, 0.1) is 13.2 Å². The van der Waals surface area contributed by atoms with Gasteiger partial charge in [0, 0.05) is 16.8 Å². The average molecular weight is 289 g/mol. The first kappa shape index (κ1) is 14.8. The predicted molar refractivity (Wildman–Crippen MR) is 82.8 cm³/mol.